The monoisotopic (exact) mass is 388 g/mol. The molecule has 0 aromatic carbocycles. The molecule has 3 heterocycles. The van der Waals surface area contributed by atoms with Gasteiger partial charge in [0.1, 0.15) is 5.82 Å². The first kappa shape index (κ1) is 20.9. The summed E-state index contributed by atoms with van der Waals surface area (Å²) >= 11 is 0. The van der Waals surface area contributed by atoms with Crippen molar-refractivity contribution in [3.8, 4) is 0 Å². The summed E-state index contributed by atoms with van der Waals surface area (Å²) in [4.78, 5) is 13.7. The number of nitrogens with one attached hydrogen (secondary N) is 2. The van der Waals surface area contributed by atoms with Crippen LogP contribution in [0.15, 0.2) is 23.3 Å². The molecule has 0 saturated carbocycles. The standard InChI is InChI=1S/C21H36N6O/c1-17(2)15-26-10-11-28-19(16-26)14-25-21(22-3)24-13-18-6-7-23-20(12-18)27-8-4-5-9-27/h6-7,12,17,19H,4-5,8-11,13-16H2,1-3H3,(H2,22,24,25). The molecule has 1 atom stereocenters. The number of ether oxygens (including phenoxy) is 1. The van der Waals surface area contributed by atoms with E-state index in [-0.39, 0.29) is 6.10 Å². The van der Waals surface area contributed by atoms with Crippen LogP contribution in [0, 0.1) is 5.92 Å². The van der Waals surface area contributed by atoms with E-state index in [1.54, 1.807) is 0 Å². The number of anilines is 1. The zero-order chi connectivity index (χ0) is 19.8. The SMILES string of the molecule is CN=C(NCc1ccnc(N2CCCC2)c1)NCC1CN(CC(C)C)CCO1. The zero-order valence-electron chi connectivity index (χ0n) is 17.7. The van der Waals surface area contributed by atoms with Crippen LogP contribution in [0.4, 0.5) is 5.82 Å². The van der Waals surface area contributed by atoms with Crippen LogP contribution in [0.1, 0.15) is 32.3 Å². The average Bonchev–Trinajstić information content (AvgIpc) is 3.23. The van der Waals surface area contributed by atoms with Crippen LogP contribution >= 0.6 is 0 Å². The molecule has 1 unspecified atom stereocenters. The van der Waals surface area contributed by atoms with Crippen LogP contribution in [0.25, 0.3) is 0 Å². The van der Waals surface area contributed by atoms with Gasteiger partial charge >= 0.3 is 0 Å². The van der Waals surface area contributed by atoms with E-state index in [1.165, 1.54) is 18.4 Å². The van der Waals surface area contributed by atoms with E-state index < -0.39 is 0 Å². The van der Waals surface area contributed by atoms with E-state index in [1.807, 2.05) is 13.2 Å². The molecule has 28 heavy (non-hydrogen) atoms. The molecule has 0 aliphatic carbocycles. The Morgan fingerprint density at radius 1 is 1.29 bits per heavy atom. The highest BCUT2D eigenvalue weighted by Gasteiger charge is 2.21. The van der Waals surface area contributed by atoms with Gasteiger partial charge in [-0.25, -0.2) is 4.98 Å². The quantitative estimate of drug-likeness (QED) is 0.548. The minimum Gasteiger partial charge on any atom is -0.374 e. The number of morpholine rings is 1. The summed E-state index contributed by atoms with van der Waals surface area (Å²) < 4.78 is 5.92. The lowest BCUT2D eigenvalue weighted by atomic mass is 10.2. The fraction of sp³-hybridized carbons (Fsp3) is 0.714. The predicted molar refractivity (Wildman–Crippen MR) is 115 cm³/mol. The third-order valence-corrected chi connectivity index (χ3v) is 5.27. The maximum absolute atomic E-state index is 5.92. The summed E-state index contributed by atoms with van der Waals surface area (Å²) in [6, 6.07) is 4.24. The topological polar surface area (TPSA) is 65.0 Å². The van der Waals surface area contributed by atoms with Crippen LogP contribution < -0.4 is 15.5 Å². The van der Waals surface area contributed by atoms with Crippen LogP contribution in [0.2, 0.25) is 0 Å². The maximum Gasteiger partial charge on any atom is 0.191 e. The zero-order valence-corrected chi connectivity index (χ0v) is 17.7. The fourth-order valence-corrected chi connectivity index (χ4v) is 3.89. The minimum absolute atomic E-state index is 0.203. The van der Waals surface area contributed by atoms with Crippen LogP contribution in [-0.2, 0) is 11.3 Å². The molecule has 0 amide bonds. The number of aromatic nitrogens is 1. The van der Waals surface area contributed by atoms with E-state index in [4.69, 9.17) is 4.74 Å². The molecule has 2 aliphatic rings. The lowest BCUT2D eigenvalue weighted by Crippen LogP contribution is -2.50. The van der Waals surface area contributed by atoms with Gasteiger partial charge in [0, 0.05) is 59.1 Å². The minimum atomic E-state index is 0.203. The van der Waals surface area contributed by atoms with Gasteiger partial charge in [0.15, 0.2) is 5.96 Å². The van der Waals surface area contributed by atoms with E-state index >= 15 is 0 Å². The Balaban J connectivity index is 1.44. The molecule has 156 valence electrons. The molecule has 1 aromatic rings. The molecule has 0 radical (unpaired) electrons. The van der Waals surface area contributed by atoms with Gasteiger partial charge in [-0.1, -0.05) is 13.8 Å². The van der Waals surface area contributed by atoms with Crippen LogP contribution in [-0.4, -0.2) is 74.9 Å². The van der Waals surface area contributed by atoms with Gasteiger partial charge in [0.05, 0.1) is 12.7 Å². The summed E-state index contributed by atoms with van der Waals surface area (Å²) in [6.07, 6.45) is 4.63. The van der Waals surface area contributed by atoms with Crippen molar-refractivity contribution in [2.75, 3.05) is 57.8 Å². The molecule has 0 bridgehead atoms. The Bertz CT molecular complexity index is 629. The Hall–Kier alpha value is -1.86. The molecular weight excluding hydrogens is 352 g/mol. The van der Waals surface area contributed by atoms with Gasteiger partial charge < -0.3 is 20.3 Å². The molecule has 1 aromatic heterocycles. The largest absolute Gasteiger partial charge is 0.374 e. The number of guanidine groups is 1. The first-order chi connectivity index (χ1) is 13.6. The number of rotatable bonds is 7. The number of aliphatic imine (C=N–C) groups is 1. The van der Waals surface area contributed by atoms with Crippen molar-refractivity contribution in [1.29, 1.82) is 0 Å². The van der Waals surface area contributed by atoms with Gasteiger partial charge in [-0.05, 0) is 36.5 Å². The molecule has 2 aliphatic heterocycles. The molecule has 3 rings (SSSR count). The predicted octanol–water partition coefficient (Wildman–Crippen LogP) is 1.70. The smallest absolute Gasteiger partial charge is 0.191 e. The third-order valence-electron chi connectivity index (χ3n) is 5.27. The van der Waals surface area contributed by atoms with Crippen molar-refractivity contribution in [3.05, 3.63) is 23.9 Å². The lowest BCUT2D eigenvalue weighted by molar-refractivity contribution is -0.0284. The normalized spacial score (nSPS) is 21.4. The van der Waals surface area contributed by atoms with E-state index in [0.29, 0.717) is 5.92 Å². The molecule has 2 fully saturated rings. The number of pyridine rings is 1. The summed E-state index contributed by atoms with van der Waals surface area (Å²) in [5.74, 6) is 2.58. The molecule has 0 spiro atoms. The van der Waals surface area contributed by atoms with Crippen LogP contribution in [0.5, 0.6) is 0 Å². The van der Waals surface area contributed by atoms with Gasteiger partial charge in [-0.3, -0.25) is 9.89 Å². The second-order valence-electron chi connectivity index (χ2n) is 8.17. The molecule has 7 heteroatoms. The highest BCUT2D eigenvalue weighted by atomic mass is 16.5. The fourth-order valence-electron chi connectivity index (χ4n) is 3.89. The second kappa shape index (κ2) is 10.6. The summed E-state index contributed by atoms with van der Waals surface area (Å²) in [5.41, 5.74) is 1.22. The maximum atomic E-state index is 5.92. The summed E-state index contributed by atoms with van der Waals surface area (Å²) in [6.45, 7) is 12.2. The highest BCUT2D eigenvalue weighted by Crippen LogP contribution is 2.18. The van der Waals surface area contributed by atoms with Crippen molar-refractivity contribution in [1.82, 2.24) is 20.5 Å². The van der Waals surface area contributed by atoms with E-state index in [9.17, 15) is 0 Å². The van der Waals surface area contributed by atoms with Crippen LogP contribution in [0.3, 0.4) is 0 Å². The van der Waals surface area contributed by atoms with Crippen molar-refractivity contribution in [2.45, 2.75) is 39.3 Å². The van der Waals surface area contributed by atoms with Gasteiger partial charge in [-0.15, -0.1) is 0 Å². The third kappa shape index (κ3) is 6.34. The molecule has 2 saturated heterocycles. The Kier molecular flexibility index (Phi) is 7.91. The van der Waals surface area contributed by atoms with Crippen molar-refractivity contribution < 1.29 is 4.74 Å². The Morgan fingerprint density at radius 2 is 2.11 bits per heavy atom. The molecule has 2 N–H and O–H groups in total. The molecule has 7 nitrogen and oxygen atoms in total. The molecular formula is C21H36N6O. The number of hydrogen-bond acceptors (Lipinski definition) is 5. The Morgan fingerprint density at radius 3 is 2.86 bits per heavy atom. The average molecular weight is 389 g/mol. The van der Waals surface area contributed by atoms with Gasteiger partial charge in [0.2, 0.25) is 0 Å². The first-order valence-electron chi connectivity index (χ1n) is 10.6. The van der Waals surface area contributed by atoms with Gasteiger partial charge in [-0.2, -0.15) is 0 Å². The lowest BCUT2D eigenvalue weighted by Gasteiger charge is -2.34. The second-order valence-corrected chi connectivity index (χ2v) is 8.17. The van der Waals surface area contributed by atoms with E-state index in [0.717, 1.165) is 64.2 Å². The summed E-state index contributed by atoms with van der Waals surface area (Å²) in [7, 11) is 1.81. The number of hydrogen-bond donors (Lipinski definition) is 2. The number of nitrogens with zero attached hydrogens (tertiary/aromatic N) is 4. The van der Waals surface area contributed by atoms with Gasteiger partial charge in [0.25, 0.3) is 0 Å². The Labute approximate surface area is 169 Å². The summed E-state index contributed by atoms with van der Waals surface area (Å²) in [5, 5.41) is 6.82. The first-order valence-corrected chi connectivity index (χ1v) is 10.6. The van der Waals surface area contributed by atoms with Crippen molar-refractivity contribution in [3.63, 3.8) is 0 Å². The van der Waals surface area contributed by atoms with Crippen molar-refractivity contribution >= 4 is 11.8 Å². The highest BCUT2D eigenvalue weighted by molar-refractivity contribution is 5.79. The van der Waals surface area contributed by atoms with Crippen molar-refractivity contribution in [2.24, 2.45) is 10.9 Å². The van der Waals surface area contributed by atoms with E-state index in [2.05, 4.69) is 56.4 Å².